The lowest BCUT2D eigenvalue weighted by molar-refractivity contribution is -0.131. The lowest BCUT2D eigenvalue weighted by Gasteiger charge is -2.27. The molecule has 1 atom stereocenters. The van der Waals surface area contributed by atoms with Gasteiger partial charge in [0.05, 0.1) is 0 Å². The number of amides is 1. The molecule has 1 amide bonds. The molecule has 0 saturated heterocycles. The van der Waals surface area contributed by atoms with Gasteiger partial charge in [-0.15, -0.1) is 0 Å². The summed E-state index contributed by atoms with van der Waals surface area (Å²) >= 11 is 6.08. The molecule has 0 radical (unpaired) electrons. The van der Waals surface area contributed by atoms with Crippen LogP contribution in [0.3, 0.4) is 0 Å². The van der Waals surface area contributed by atoms with Crippen LogP contribution in [0.25, 0.3) is 5.57 Å². The molecule has 1 heterocycles. The van der Waals surface area contributed by atoms with Crippen LogP contribution >= 0.6 is 11.6 Å². The maximum atomic E-state index is 11.4. The van der Waals surface area contributed by atoms with Crippen molar-refractivity contribution in [2.45, 2.75) is 79.2 Å². The molecule has 0 aliphatic carbocycles. The largest absolute Gasteiger partial charge is 0.343 e. The highest BCUT2D eigenvalue weighted by molar-refractivity contribution is 6.30. The molecule has 29 heavy (non-hydrogen) atoms. The Labute approximate surface area is 184 Å². The van der Waals surface area contributed by atoms with E-state index in [9.17, 15) is 4.79 Å². The first-order valence-corrected chi connectivity index (χ1v) is 11.5. The fourth-order valence-corrected chi connectivity index (χ4v) is 4.12. The highest BCUT2D eigenvalue weighted by Gasteiger charge is 2.16. The van der Waals surface area contributed by atoms with E-state index < -0.39 is 0 Å². The summed E-state index contributed by atoms with van der Waals surface area (Å²) in [5.74, 6) is 0.267. The quantitative estimate of drug-likeness (QED) is 0.497. The summed E-state index contributed by atoms with van der Waals surface area (Å²) in [6.07, 6.45) is 6.41. The van der Waals surface area contributed by atoms with E-state index in [0.29, 0.717) is 12.5 Å². The van der Waals surface area contributed by atoms with E-state index in [1.807, 2.05) is 24.9 Å². The van der Waals surface area contributed by atoms with Crippen molar-refractivity contribution in [3.63, 3.8) is 0 Å². The third-order valence-corrected chi connectivity index (χ3v) is 6.13. The van der Waals surface area contributed by atoms with Gasteiger partial charge < -0.3 is 9.80 Å². The number of aryl methyl sites for hydroxylation is 1. The summed E-state index contributed by atoms with van der Waals surface area (Å²) in [5.41, 5.74) is 5.61. The van der Waals surface area contributed by atoms with Crippen molar-refractivity contribution in [1.29, 1.82) is 0 Å². The first kappa shape index (κ1) is 25.7. The van der Waals surface area contributed by atoms with Gasteiger partial charge in [-0.05, 0) is 69.0 Å². The van der Waals surface area contributed by atoms with Gasteiger partial charge in [-0.25, -0.2) is 0 Å². The number of carbonyl (C=O) groups is 1. The van der Waals surface area contributed by atoms with Gasteiger partial charge in [0.1, 0.15) is 0 Å². The average molecular weight is 421 g/mol. The first-order chi connectivity index (χ1) is 13.7. The standard InChI is InChI=1S/C14H18ClN.C11H23NO/c1-10-4-5-12(15)8-14(10)13-6-7-16(3)9-11(13)2;1-5-8-9-10(6-2)12(4)11(13)7-3/h4-5,8H,6-7,9H2,1-3H3;10H,5-9H2,1-4H3. The number of rotatable bonds is 7. The Morgan fingerprint density at radius 2 is 1.93 bits per heavy atom. The number of nitrogens with zero attached hydrogens (tertiary/aromatic N) is 2. The molecule has 3 nitrogen and oxygen atoms in total. The first-order valence-electron chi connectivity index (χ1n) is 11.1. The van der Waals surface area contributed by atoms with E-state index in [1.54, 1.807) is 0 Å². The predicted octanol–water partition coefficient (Wildman–Crippen LogP) is 6.58. The van der Waals surface area contributed by atoms with Gasteiger partial charge in [-0.1, -0.05) is 56.9 Å². The van der Waals surface area contributed by atoms with E-state index in [2.05, 4.69) is 51.8 Å². The Hall–Kier alpha value is -1.32. The molecule has 0 spiro atoms. The summed E-state index contributed by atoms with van der Waals surface area (Å²) < 4.78 is 0. The van der Waals surface area contributed by atoms with Crippen LogP contribution in [-0.4, -0.2) is 48.9 Å². The molecule has 1 aromatic rings. The molecular weight excluding hydrogens is 380 g/mol. The third kappa shape index (κ3) is 8.14. The molecule has 2 rings (SSSR count). The second-order valence-corrected chi connectivity index (χ2v) is 8.70. The van der Waals surface area contributed by atoms with Crippen LogP contribution in [0.2, 0.25) is 5.02 Å². The molecule has 164 valence electrons. The van der Waals surface area contributed by atoms with Crippen molar-refractivity contribution in [1.82, 2.24) is 9.80 Å². The SMILES string of the molecule is CC1=C(c2cc(Cl)ccc2C)CCN(C)C1.CCCCC(CC)N(C)C(=O)CC. The van der Waals surface area contributed by atoms with Crippen LogP contribution < -0.4 is 0 Å². The summed E-state index contributed by atoms with van der Waals surface area (Å²) in [4.78, 5) is 15.7. The van der Waals surface area contributed by atoms with Crippen molar-refractivity contribution in [2.75, 3.05) is 27.2 Å². The number of likely N-dealkylation sites (N-methyl/N-ethyl adjacent to an activating group) is 1. The molecule has 0 bridgehead atoms. The zero-order chi connectivity index (χ0) is 22.0. The van der Waals surface area contributed by atoms with Crippen LogP contribution in [0, 0.1) is 6.92 Å². The lowest BCUT2D eigenvalue weighted by atomic mass is 9.91. The fraction of sp³-hybridized carbons (Fsp3) is 0.640. The van der Waals surface area contributed by atoms with E-state index in [1.165, 1.54) is 35.1 Å². The van der Waals surface area contributed by atoms with Crippen molar-refractivity contribution in [3.05, 3.63) is 39.9 Å². The number of benzene rings is 1. The molecule has 0 fully saturated rings. The average Bonchev–Trinajstić information content (AvgIpc) is 2.70. The number of unbranched alkanes of at least 4 members (excludes halogenated alkanes) is 1. The van der Waals surface area contributed by atoms with E-state index in [-0.39, 0.29) is 5.91 Å². The lowest BCUT2D eigenvalue weighted by Crippen LogP contribution is -2.36. The zero-order valence-electron chi connectivity index (χ0n) is 19.6. The minimum absolute atomic E-state index is 0.267. The van der Waals surface area contributed by atoms with Gasteiger partial charge in [0, 0.05) is 37.6 Å². The summed E-state index contributed by atoms with van der Waals surface area (Å²) in [7, 11) is 4.10. The molecule has 0 N–H and O–H groups in total. The zero-order valence-corrected chi connectivity index (χ0v) is 20.4. The maximum Gasteiger partial charge on any atom is 0.222 e. The second-order valence-electron chi connectivity index (χ2n) is 8.27. The van der Waals surface area contributed by atoms with Crippen LogP contribution in [0.5, 0.6) is 0 Å². The smallest absolute Gasteiger partial charge is 0.222 e. The molecule has 0 saturated carbocycles. The monoisotopic (exact) mass is 420 g/mol. The Morgan fingerprint density at radius 3 is 2.48 bits per heavy atom. The van der Waals surface area contributed by atoms with Crippen molar-refractivity contribution >= 4 is 23.1 Å². The van der Waals surface area contributed by atoms with Gasteiger partial charge in [0.2, 0.25) is 5.91 Å². The number of halogens is 1. The normalized spacial score (nSPS) is 15.6. The molecule has 1 aliphatic heterocycles. The molecule has 1 aromatic carbocycles. The highest BCUT2D eigenvalue weighted by Crippen LogP contribution is 2.30. The Kier molecular flexibility index (Phi) is 11.6. The van der Waals surface area contributed by atoms with E-state index in [0.717, 1.165) is 37.4 Å². The Balaban J connectivity index is 0.000000298. The summed E-state index contributed by atoms with van der Waals surface area (Å²) in [6, 6.07) is 6.62. The van der Waals surface area contributed by atoms with Crippen LogP contribution in [0.1, 0.15) is 77.3 Å². The Bertz CT molecular complexity index is 683. The van der Waals surface area contributed by atoms with E-state index in [4.69, 9.17) is 11.6 Å². The van der Waals surface area contributed by atoms with E-state index >= 15 is 0 Å². The summed E-state index contributed by atoms with van der Waals surface area (Å²) in [6.45, 7) is 12.9. The van der Waals surface area contributed by atoms with Crippen molar-refractivity contribution in [2.24, 2.45) is 0 Å². The molecular formula is C25H41ClN2O. The van der Waals surface area contributed by atoms with Crippen molar-refractivity contribution in [3.8, 4) is 0 Å². The third-order valence-electron chi connectivity index (χ3n) is 5.90. The highest BCUT2D eigenvalue weighted by atomic mass is 35.5. The molecule has 1 aliphatic rings. The number of carbonyl (C=O) groups excluding carboxylic acids is 1. The minimum Gasteiger partial charge on any atom is -0.343 e. The number of hydrogen-bond acceptors (Lipinski definition) is 2. The van der Waals surface area contributed by atoms with Gasteiger partial charge in [-0.2, -0.15) is 0 Å². The van der Waals surface area contributed by atoms with Gasteiger partial charge in [0.25, 0.3) is 0 Å². The van der Waals surface area contributed by atoms with Gasteiger partial charge in [0.15, 0.2) is 0 Å². The second kappa shape index (κ2) is 13.1. The minimum atomic E-state index is 0.267. The molecule has 0 aromatic heterocycles. The fourth-order valence-electron chi connectivity index (χ4n) is 3.94. The van der Waals surface area contributed by atoms with Gasteiger partial charge >= 0.3 is 0 Å². The van der Waals surface area contributed by atoms with Crippen LogP contribution in [0.4, 0.5) is 0 Å². The number of hydrogen-bond donors (Lipinski definition) is 0. The molecule has 1 unspecified atom stereocenters. The van der Waals surface area contributed by atoms with Crippen LogP contribution in [0.15, 0.2) is 23.8 Å². The van der Waals surface area contributed by atoms with Crippen molar-refractivity contribution < 1.29 is 4.79 Å². The molecule has 4 heteroatoms. The topological polar surface area (TPSA) is 23.6 Å². The van der Waals surface area contributed by atoms with Crippen LogP contribution in [-0.2, 0) is 4.79 Å². The van der Waals surface area contributed by atoms with Gasteiger partial charge in [-0.3, -0.25) is 4.79 Å². The Morgan fingerprint density at radius 1 is 1.24 bits per heavy atom. The predicted molar refractivity (Wildman–Crippen MR) is 128 cm³/mol. The summed E-state index contributed by atoms with van der Waals surface area (Å²) in [5, 5.41) is 0.833. The maximum absolute atomic E-state index is 11.4.